The van der Waals surface area contributed by atoms with E-state index in [9.17, 15) is 4.79 Å². The van der Waals surface area contributed by atoms with Crippen molar-refractivity contribution in [3.8, 4) is 5.75 Å². The Morgan fingerprint density at radius 2 is 2.04 bits per heavy atom. The fraction of sp³-hybridized carbons (Fsp3) is 0.278. The van der Waals surface area contributed by atoms with E-state index in [2.05, 4.69) is 22.5 Å². The Hall–Kier alpha value is -2.47. The molecule has 1 aromatic heterocycles. The minimum absolute atomic E-state index is 0.147. The summed E-state index contributed by atoms with van der Waals surface area (Å²) in [5, 5.41) is 5.92. The molecule has 0 spiro atoms. The predicted molar refractivity (Wildman–Crippen MR) is 98.0 cm³/mol. The van der Waals surface area contributed by atoms with Crippen LogP contribution in [0.2, 0.25) is 0 Å². The average Bonchev–Trinajstić information content (AvgIpc) is 2.61. The molecule has 0 fully saturated rings. The third kappa shape index (κ3) is 5.62. The Kier molecular flexibility index (Phi) is 6.69. The first kappa shape index (κ1) is 17.9. The Bertz CT molecular complexity index is 674. The van der Waals surface area contributed by atoms with Gasteiger partial charge in [0.1, 0.15) is 5.75 Å². The molecule has 0 radical (unpaired) electrons. The summed E-state index contributed by atoms with van der Waals surface area (Å²) in [7, 11) is 0. The lowest BCUT2D eigenvalue weighted by Gasteiger charge is -2.13. The van der Waals surface area contributed by atoms with Gasteiger partial charge in [0.05, 0.1) is 6.10 Å². The van der Waals surface area contributed by atoms with Crippen molar-refractivity contribution in [2.24, 2.45) is 0 Å². The molecule has 0 aliphatic carbocycles. The van der Waals surface area contributed by atoms with Crippen molar-refractivity contribution in [3.05, 3.63) is 59.9 Å². The van der Waals surface area contributed by atoms with Gasteiger partial charge in [-0.15, -0.1) is 0 Å². The number of carbonyl (C=O) groups excluding carboxylic acids is 1. The van der Waals surface area contributed by atoms with E-state index < -0.39 is 0 Å². The van der Waals surface area contributed by atoms with Crippen LogP contribution in [0.15, 0.2) is 48.8 Å². The van der Waals surface area contributed by atoms with E-state index in [0.717, 1.165) is 17.7 Å². The Labute approximate surface area is 147 Å². The minimum atomic E-state index is -0.256. The summed E-state index contributed by atoms with van der Waals surface area (Å²) in [6, 6.07) is 10.8. The number of ether oxygens (including phenoxy) is 1. The number of rotatable bonds is 6. The molecule has 1 heterocycles. The van der Waals surface area contributed by atoms with E-state index in [0.29, 0.717) is 12.1 Å². The van der Waals surface area contributed by atoms with E-state index in [1.165, 1.54) is 0 Å². The predicted octanol–water partition coefficient (Wildman–Crippen LogP) is 3.06. The number of hydrogen-bond donors (Lipinski definition) is 2. The fourth-order valence-corrected chi connectivity index (χ4v) is 2.07. The number of aromatic nitrogens is 1. The number of amides is 1. The first-order valence-corrected chi connectivity index (χ1v) is 8.24. The van der Waals surface area contributed by atoms with E-state index in [1.807, 2.05) is 19.1 Å². The van der Waals surface area contributed by atoms with Crippen molar-refractivity contribution in [3.63, 3.8) is 0 Å². The number of nitrogens with zero attached hydrogens (tertiary/aromatic N) is 1. The van der Waals surface area contributed by atoms with Gasteiger partial charge in [-0.25, -0.2) is 0 Å². The van der Waals surface area contributed by atoms with Gasteiger partial charge in [0, 0.05) is 24.5 Å². The second-order valence-corrected chi connectivity index (χ2v) is 5.77. The maximum Gasteiger partial charge on any atom is 0.257 e. The zero-order chi connectivity index (χ0) is 17.4. The Morgan fingerprint density at radius 3 is 2.67 bits per heavy atom. The van der Waals surface area contributed by atoms with Gasteiger partial charge in [0.25, 0.3) is 5.91 Å². The highest BCUT2D eigenvalue weighted by molar-refractivity contribution is 7.80. The summed E-state index contributed by atoms with van der Waals surface area (Å²) < 4.78 is 5.69. The molecule has 1 unspecified atom stereocenters. The molecule has 2 aromatic rings. The molecule has 2 rings (SSSR count). The Balaban J connectivity index is 1.84. The summed E-state index contributed by atoms with van der Waals surface area (Å²) in [5.41, 5.74) is 1.51. The van der Waals surface area contributed by atoms with Crippen LogP contribution in [-0.4, -0.2) is 22.1 Å². The van der Waals surface area contributed by atoms with Crippen LogP contribution in [0.1, 0.15) is 36.2 Å². The van der Waals surface area contributed by atoms with Crippen LogP contribution in [-0.2, 0) is 6.54 Å². The molecule has 5 nitrogen and oxygen atoms in total. The van der Waals surface area contributed by atoms with Crippen molar-refractivity contribution in [1.82, 2.24) is 15.6 Å². The van der Waals surface area contributed by atoms with Gasteiger partial charge in [0.15, 0.2) is 5.11 Å². The van der Waals surface area contributed by atoms with E-state index >= 15 is 0 Å². The van der Waals surface area contributed by atoms with E-state index in [4.69, 9.17) is 17.0 Å². The van der Waals surface area contributed by atoms with Crippen LogP contribution >= 0.6 is 12.2 Å². The quantitative estimate of drug-likeness (QED) is 0.789. The van der Waals surface area contributed by atoms with Crippen molar-refractivity contribution >= 4 is 23.2 Å². The SMILES string of the molecule is CCC(C)Oc1ccc(C(=O)NC(=S)NCc2cccnc2)cc1. The summed E-state index contributed by atoms with van der Waals surface area (Å²) in [5.74, 6) is 0.493. The minimum Gasteiger partial charge on any atom is -0.491 e. The van der Waals surface area contributed by atoms with E-state index in [1.54, 1.807) is 36.7 Å². The summed E-state index contributed by atoms with van der Waals surface area (Å²) in [4.78, 5) is 16.2. The first-order chi connectivity index (χ1) is 11.6. The van der Waals surface area contributed by atoms with Crippen LogP contribution in [0.5, 0.6) is 5.75 Å². The van der Waals surface area contributed by atoms with Gasteiger partial charge >= 0.3 is 0 Å². The molecule has 1 aromatic carbocycles. The second-order valence-electron chi connectivity index (χ2n) is 5.36. The number of carbonyl (C=O) groups is 1. The zero-order valence-corrected chi connectivity index (χ0v) is 14.6. The number of nitrogens with one attached hydrogen (secondary N) is 2. The molecule has 0 saturated heterocycles. The highest BCUT2D eigenvalue weighted by Crippen LogP contribution is 2.14. The maximum absolute atomic E-state index is 12.2. The van der Waals surface area contributed by atoms with Crippen LogP contribution < -0.4 is 15.4 Å². The van der Waals surface area contributed by atoms with Gasteiger partial charge in [0.2, 0.25) is 0 Å². The van der Waals surface area contributed by atoms with Crippen LogP contribution in [0.3, 0.4) is 0 Å². The largest absolute Gasteiger partial charge is 0.491 e. The third-order valence-electron chi connectivity index (χ3n) is 3.43. The Morgan fingerprint density at radius 1 is 1.29 bits per heavy atom. The van der Waals surface area contributed by atoms with Gasteiger partial charge in [-0.2, -0.15) is 0 Å². The molecular formula is C18H21N3O2S. The second kappa shape index (κ2) is 8.98. The molecule has 6 heteroatoms. The molecular weight excluding hydrogens is 322 g/mol. The lowest BCUT2D eigenvalue weighted by atomic mass is 10.2. The fourth-order valence-electron chi connectivity index (χ4n) is 1.91. The number of hydrogen-bond acceptors (Lipinski definition) is 4. The molecule has 126 valence electrons. The number of pyridine rings is 1. The summed E-state index contributed by atoms with van der Waals surface area (Å²) >= 11 is 5.14. The van der Waals surface area contributed by atoms with Crippen molar-refractivity contribution < 1.29 is 9.53 Å². The normalized spacial score (nSPS) is 11.4. The van der Waals surface area contributed by atoms with Crippen molar-refractivity contribution in [1.29, 1.82) is 0 Å². The third-order valence-corrected chi connectivity index (χ3v) is 3.68. The molecule has 0 aliphatic heterocycles. The molecule has 1 atom stereocenters. The summed E-state index contributed by atoms with van der Waals surface area (Å²) in [6.07, 6.45) is 4.53. The number of thiocarbonyl (C=S) groups is 1. The lowest BCUT2D eigenvalue weighted by molar-refractivity contribution is 0.0976. The van der Waals surface area contributed by atoms with Gasteiger partial charge in [-0.05, 0) is 61.5 Å². The van der Waals surface area contributed by atoms with Gasteiger partial charge in [-0.1, -0.05) is 13.0 Å². The maximum atomic E-state index is 12.2. The smallest absolute Gasteiger partial charge is 0.257 e. The number of benzene rings is 1. The molecule has 1 amide bonds. The van der Waals surface area contributed by atoms with Gasteiger partial charge < -0.3 is 10.1 Å². The highest BCUT2D eigenvalue weighted by atomic mass is 32.1. The van der Waals surface area contributed by atoms with E-state index in [-0.39, 0.29) is 17.1 Å². The molecule has 0 saturated carbocycles. The van der Waals surface area contributed by atoms with Crippen LogP contribution in [0.4, 0.5) is 0 Å². The summed E-state index contributed by atoms with van der Waals surface area (Å²) in [6.45, 7) is 4.58. The molecule has 0 aliphatic rings. The first-order valence-electron chi connectivity index (χ1n) is 7.83. The monoisotopic (exact) mass is 343 g/mol. The van der Waals surface area contributed by atoms with Crippen molar-refractivity contribution in [2.75, 3.05) is 0 Å². The van der Waals surface area contributed by atoms with Crippen LogP contribution in [0.25, 0.3) is 0 Å². The highest BCUT2D eigenvalue weighted by Gasteiger charge is 2.08. The molecule has 0 bridgehead atoms. The van der Waals surface area contributed by atoms with Crippen LogP contribution in [0, 0.1) is 0 Å². The topological polar surface area (TPSA) is 63.2 Å². The zero-order valence-electron chi connectivity index (χ0n) is 13.8. The molecule has 24 heavy (non-hydrogen) atoms. The van der Waals surface area contributed by atoms with Crippen molar-refractivity contribution in [2.45, 2.75) is 32.9 Å². The molecule has 2 N–H and O–H groups in total. The van der Waals surface area contributed by atoms with Gasteiger partial charge in [-0.3, -0.25) is 15.1 Å². The average molecular weight is 343 g/mol. The lowest BCUT2D eigenvalue weighted by Crippen LogP contribution is -2.38. The standard InChI is InChI=1S/C18H21N3O2S/c1-3-13(2)23-16-8-6-15(7-9-16)17(22)21-18(24)20-12-14-5-4-10-19-11-14/h4-11,13H,3,12H2,1-2H3,(H2,20,21,22,24).